The average Bonchev–Trinajstić information content (AvgIpc) is 2.43. The van der Waals surface area contributed by atoms with Crippen LogP contribution in [0.1, 0.15) is 5.56 Å². The van der Waals surface area contributed by atoms with Gasteiger partial charge in [-0.25, -0.2) is 4.99 Å². The molecule has 22 heavy (non-hydrogen) atoms. The molecule has 1 aliphatic rings. The second kappa shape index (κ2) is 6.73. The number of carbonyl (C=O) groups is 1. The van der Waals surface area contributed by atoms with Gasteiger partial charge in [0.25, 0.3) is 0 Å². The number of halogens is 2. The minimum absolute atomic E-state index is 0.0387. The van der Waals surface area contributed by atoms with Gasteiger partial charge < -0.3 is 0 Å². The minimum Gasteiger partial charge on any atom is -0.281 e. The second-order valence-corrected chi connectivity index (χ2v) is 6.56. The second-order valence-electron chi connectivity index (χ2n) is 4.78. The Kier molecular flexibility index (Phi) is 4.71. The first kappa shape index (κ1) is 15.4. The van der Waals surface area contributed by atoms with Crippen LogP contribution in [0.4, 0.5) is 5.69 Å². The highest BCUT2D eigenvalue weighted by atomic mass is 35.5. The highest BCUT2D eigenvalue weighted by molar-refractivity contribution is 8.15. The maximum atomic E-state index is 12.3. The van der Waals surface area contributed by atoms with Crippen molar-refractivity contribution in [3.8, 4) is 0 Å². The summed E-state index contributed by atoms with van der Waals surface area (Å²) in [6.45, 7) is 0. The first-order valence-electron chi connectivity index (χ1n) is 6.64. The minimum atomic E-state index is 0.0387. The molecule has 0 aliphatic carbocycles. The molecule has 1 heterocycles. The summed E-state index contributed by atoms with van der Waals surface area (Å²) >= 11 is 13.4. The lowest BCUT2D eigenvalue weighted by molar-refractivity contribution is -0.126. The van der Waals surface area contributed by atoms with E-state index in [1.807, 2.05) is 30.3 Å². The molecule has 0 radical (unpaired) electrons. The van der Waals surface area contributed by atoms with E-state index in [0.717, 1.165) is 5.56 Å². The lowest BCUT2D eigenvalue weighted by Gasteiger charge is -2.31. The zero-order chi connectivity index (χ0) is 15.5. The van der Waals surface area contributed by atoms with Gasteiger partial charge in [0.2, 0.25) is 5.91 Å². The van der Waals surface area contributed by atoms with Gasteiger partial charge in [-0.05, 0) is 23.8 Å². The molecule has 0 unspecified atom stereocenters. The molecule has 0 N–H and O–H groups in total. The maximum absolute atomic E-state index is 12.3. The molecule has 112 valence electrons. The Morgan fingerprint density at radius 3 is 2.41 bits per heavy atom. The molecule has 0 saturated carbocycles. The van der Waals surface area contributed by atoms with E-state index in [-0.39, 0.29) is 5.91 Å². The van der Waals surface area contributed by atoms with E-state index in [1.54, 1.807) is 23.1 Å². The number of amides is 1. The number of nitrogens with zero attached hydrogens (tertiary/aromatic N) is 2. The Bertz CT molecular complexity index is 714. The Morgan fingerprint density at radius 2 is 1.82 bits per heavy atom. The molecule has 6 heteroatoms. The van der Waals surface area contributed by atoms with Crippen molar-refractivity contribution in [3.63, 3.8) is 0 Å². The summed E-state index contributed by atoms with van der Waals surface area (Å²) in [6, 6.07) is 14.8. The topological polar surface area (TPSA) is 32.7 Å². The van der Waals surface area contributed by atoms with Crippen LogP contribution < -0.4 is 0 Å². The lowest BCUT2D eigenvalue weighted by Crippen LogP contribution is -2.43. The standard InChI is InChI=1S/C16H12Cl2N2OS/c17-12-7-13(18)9-14(8-12)19-16-20(10-22-16)15(21)6-11-4-2-1-3-5-11/h1-5,7-9H,6,10H2/b19-16-. The molecule has 3 nitrogen and oxygen atoms in total. The van der Waals surface area contributed by atoms with Gasteiger partial charge >= 0.3 is 0 Å². The van der Waals surface area contributed by atoms with Gasteiger partial charge in [0.15, 0.2) is 5.17 Å². The first-order chi connectivity index (χ1) is 10.6. The molecule has 2 aromatic rings. The molecule has 2 aromatic carbocycles. The average molecular weight is 351 g/mol. The molecule has 1 amide bonds. The Labute approximate surface area is 142 Å². The van der Waals surface area contributed by atoms with E-state index in [2.05, 4.69) is 4.99 Å². The molecule has 0 aromatic heterocycles. The van der Waals surface area contributed by atoms with Crippen LogP contribution in [0.5, 0.6) is 0 Å². The third kappa shape index (κ3) is 3.64. The smallest absolute Gasteiger partial charge is 0.233 e. The summed E-state index contributed by atoms with van der Waals surface area (Å²) < 4.78 is 0. The highest BCUT2D eigenvalue weighted by Gasteiger charge is 2.29. The van der Waals surface area contributed by atoms with E-state index in [9.17, 15) is 4.79 Å². The highest BCUT2D eigenvalue weighted by Crippen LogP contribution is 2.30. The van der Waals surface area contributed by atoms with Crippen LogP contribution in [0, 0.1) is 0 Å². The summed E-state index contributed by atoms with van der Waals surface area (Å²) in [5, 5.41) is 1.73. The maximum Gasteiger partial charge on any atom is 0.233 e. The number of rotatable bonds is 3. The summed E-state index contributed by atoms with van der Waals surface area (Å²) in [6.07, 6.45) is 0.372. The van der Waals surface area contributed by atoms with E-state index >= 15 is 0 Å². The number of thioether (sulfide) groups is 1. The monoisotopic (exact) mass is 350 g/mol. The quantitative estimate of drug-likeness (QED) is 0.799. The third-order valence-electron chi connectivity index (χ3n) is 3.12. The molecule has 0 spiro atoms. The van der Waals surface area contributed by atoms with Crippen molar-refractivity contribution in [1.82, 2.24) is 4.90 Å². The third-order valence-corrected chi connectivity index (χ3v) is 4.52. The van der Waals surface area contributed by atoms with Gasteiger partial charge in [0.05, 0.1) is 18.0 Å². The number of amidine groups is 1. The summed E-state index contributed by atoms with van der Waals surface area (Å²) in [5.74, 6) is 0.663. The SMILES string of the molecule is O=C(Cc1ccccc1)N1CS/C1=N\c1cc(Cl)cc(Cl)c1. The Balaban J connectivity index is 1.73. The van der Waals surface area contributed by atoms with E-state index in [1.165, 1.54) is 11.8 Å². The molecule has 3 rings (SSSR count). The van der Waals surface area contributed by atoms with Crippen LogP contribution in [0.25, 0.3) is 0 Å². The largest absolute Gasteiger partial charge is 0.281 e. The van der Waals surface area contributed by atoms with Crippen LogP contribution in [0.2, 0.25) is 10.0 Å². The fourth-order valence-corrected chi connectivity index (χ4v) is 3.34. The van der Waals surface area contributed by atoms with Gasteiger partial charge in [-0.15, -0.1) is 0 Å². The van der Waals surface area contributed by atoms with Crippen molar-refractivity contribution < 1.29 is 4.79 Å². The molecule has 0 bridgehead atoms. The van der Waals surface area contributed by atoms with Crippen molar-refractivity contribution in [2.45, 2.75) is 6.42 Å². The van der Waals surface area contributed by atoms with Crippen LogP contribution in [-0.4, -0.2) is 21.9 Å². The first-order valence-corrected chi connectivity index (χ1v) is 8.38. The van der Waals surface area contributed by atoms with Gasteiger partial charge in [-0.3, -0.25) is 9.69 Å². The zero-order valence-corrected chi connectivity index (χ0v) is 13.8. The van der Waals surface area contributed by atoms with Crippen molar-refractivity contribution >= 4 is 51.7 Å². The van der Waals surface area contributed by atoms with Gasteiger partial charge in [0.1, 0.15) is 0 Å². The van der Waals surface area contributed by atoms with E-state index < -0.39 is 0 Å². The number of carbonyl (C=O) groups excluding carboxylic acids is 1. The molecular formula is C16H12Cl2N2OS. The van der Waals surface area contributed by atoms with Crippen LogP contribution >= 0.6 is 35.0 Å². The van der Waals surface area contributed by atoms with Crippen molar-refractivity contribution in [1.29, 1.82) is 0 Å². The van der Waals surface area contributed by atoms with Crippen molar-refractivity contribution in [2.75, 3.05) is 5.88 Å². The summed E-state index contributed by atoms with van der Waals surface area (Å²) in [5.41, 5.74) is 1.65. The number of aliphatic imine (C=N–C) groups is 1. The normalized spacial score (nSPS) is 15.7. The molecule has 1 saturated heterocycles. The van der Waals surface area contributed by atoms with Crippen LogP contribution in [-0.2, 0) is 11.2 Å². The van der Waals surface area contributed by atoms with E-state index in [4.69, 9.17) is 23.2 Å². The van der Waals surface area contributed by atoms with Gasteiger partial charge in [0, 0.05) is 10.0 Å². The predicted octanol–water partition coefficient (Wildman–Crippen LogP) is 4.76. The van der Waals surface area contributed by atoms with Crippen LogP contribution in [0.3, 0.4) is 0 Å². The summed E-state index contributed by atoms with van der Waals surface area (Å²) in [4.78, 5) is 18.4. The Hall–Kier alpha value is -1.49. The molecular weight excluding hydrogens is 339 g/mol. The van der Waals surface area contributed by atoms with Crippen molar-refractivity contribution in [2.24, 2.45) is 4.99 Å². The molecule has 1 aliphatic heterocycles. The lowest BCUT2D eigenvalue weighted by atomic mass is 10.1. The van der Waals surface area contributed by atoms with Crippen molar-refractivity contribution in [3.05, 3.63) is 64.1 Å². The van der Waals surface area contributed by atoms with Crippen LogP contribution in [0.15, 0.2) is 53.5 Å². The molecule has 0 atom stereocenters. The molecule has 1 fully saturated rings. The number of hydrogen-bond donors (Lipinski definition) is 0. The van der Waals surface area contributed by atoms with Gasteiger partial charge in [-0.1, -0.05) is 65.3 Å². The fraction of sp³-hybridized carbons (Fsp3) is 0.125. The summed E-state index contributed by atoms with van der Waals surface area (Å²) in [7, 11) is 0. The number of hydrogen-bond acceptors (Lipinski definition) is 3. The fourth-order valence-electron chi connectivity index (χ4n) is 2.04. The van der Waals surface area contributed by atoms with Gasteiger partial charge in [-0.2, -0.15) is 0 Å². The zero-order valence-electron chi connectivity index (χ0n) is 11.5. The predicted molar refractivity (Wildman–Crippen MR) is 93.0 cm³/mol. The number of benzene rings is 2. The Morgan fingerprint density at radius 1 is 1.14 bits per heavy atom. The van der Waals surface area contributed by atoms with E-state index in [0.29, 0.717) is 33.2 Å².